The molecule has 0 unspecified atom stereocenters. The van der Waals surface area contributed by atoms with Gasteiger partial charge < -0.3 is 10.2 Å². The normalized spacial score (nSPS) is 18.2. The molecule has 0 aliphatic carbocycles. The van der Waals surface area contributed by atoms with Gasteiger partial charge in [-0.3, -0.25) is 25.0 Å². The van der Waals surface area contributed by atoms with Gasteiger partial charge in [-0.2, -0.15) is 0 Å². The van der Waals surface area contributed by atoms with E-state index in [1.165, 1.54) is 5.01 Å². The van der Waals surface area contributed by atoms with Crippen molar-refractivity contribution >= 4 is 29.7 Å². The molecule has 10 nitrogen and oxygen atoms in total. The number of fused-ring (bicyclic) bond motifs is 1. The van der Waals surface area contributed by atoms with E-state index in [9.17, 15) is 9.59 Å². The maximum absolute atomic E-state index is 12.9. The molecule has 0 radical (unpaired) electrons. The zero-order chi connectivity index (χ0) is 26.8. The Morgan fingerprint density at radius 3 is 2.74 bits per heavy atom. The zero-order valence-electron chi connectivity index (χ0n) is 21.6. The van der Waals surface area contributed by atoms with Crippen molar-refractivity contribution in [2.45, 2.75) is 39.2 Å². The highest BCUT2D eigenvalue weighted by Gasteiger charge is 2.39. The van der Waals surface area contributed by atoms with E-state index in [4.69, 9.17) is 5.84 Å². The lowest BCUT2D eigenvalue weighted by Gasteiger charge is -2.29. The number of aromatic nitrogens is 1. The first-order chi connectivity index (χ1) is 18.4. The molecule has 0 spiro atoms. The van der Waals surface area contributed by atoms with Crippen molar-refractivity contribution in [2.75, 3.05) is 18.4 Å². The van der Waals surface area contributed by atoms with Crippen LogP contribution in [0.4, 0.5) is 5.82 Å². The molecule has 2 amide bonds. The van der Waals surface area contributed by atoms with Gasteiger partial charge in [0.15, 0.2) is 0 Å². The second-order valence-corrected chi connectivity index (χ2v) is 9.62. The van der Waals surface area contributed by atoms with Gasteiger partial charge in [0.1, 0.15) is 23.6 Å². The lowest BCUT2D eigenvalue weighted by Crippen LogP contribution is -2.43. The first-order valence-electron chi connectivity index (χ1n) is 12.5. The second-order valence-electron chi connectivity index (χ2n) is 9.62. The molecular formula is C28H30N8O2. The summed E-state index contributed by atoms with van der Waals surface area (Å²) in [4.78, 5) is 35.4. The highest BCUT2D eigenvalue weighted by atomic mass is 16.2. The lowest BCUT2D eigenvalue weighted by atomic mass is 10.0. The van der Waals surface area contributed by atoms with Gasteiger partial charge in [-0.1, -0.05) is 31.9 Å². The summed E-state index contributed by atoms with van der Waals surface area (Å²) in [6.45, 7) is 7.02. The van der Waals surface area contributed by atoms with Crippen LogP contribution in [0.1, 0.15) is 54.6 Å². The molecule has 3 aliphatic heterocycles. The quantitative estimate of drug-likeness (QED) is 0.418. The largest absolute Gasteiger partial charge is 0.330 e. The van der Waals surface area contributed by atoms with Gasteiger partial charge >= 0.3 is 0 Å². The van der Waals surface area contributed by atoms with E-state index in [-0.39, 0.29) is 17.9 Å². The van der Waals surface area contributed by atoms with Gasteiger partial charge in [-0.15, -0.1) is 0 Å². The number of carbonyl (C=O) groups excluding carboxylic acids is 2. The zero-order valence-corrected chi connectivity index (χ0v) is 21.6. The average Bonchev–Trinajstić information content (AvgIpc) is 3.55. The van der Waals surface area contributed by atoms with E-state index in [2.05, 4.69) is 46.4 Å². The minimum Gasteiger partial charge on any atom is -0.330 e. The Morgan fingerprint density at radius 2 is 2.00 bits per heavy atom. The van der Waals surface area contributed by atoms with Crippen LogP contribution in [-0.2, 0) is 4.79 Å². The summed E-state index contributed by atoms with van der Waals surface area (Å²) in [7, 11) is 0. The van der Waals surface area contributed by atoms with Gasteiger partial charge in [0.2, 0.25) is 0 Å². The highest BCUT2D eigenvalue weighted by Crippen LogP contribution is 2.36. The van der Waals surface area contributed by atoms with Crippen molar-refractivity contribution in [3.05, 3.63) is 76.9 Å². The molecule has 1 saturated heterocycles. The molecular weight excluding hydrogens is 480 g/mol. The van der Waals surface area contributed by atoms with Crippen LogP contribution in [0.3, 0.4) is 0 Å². The molecule has 1 fully saturated rings. The SMILES string of the molecule is CC#CC(=O)N1CC[C@@H](N2NC(c3ccc(C(=O)Nc4cc(C(C)C)ccn4)cc3)=C3C2=CN=CN3N)C1. The van der Waals surface area contributed by atoms with Crippen LogP contribution in [0.2, 0.25) is 0 Å². The third-order valence-corrected chi connectivity index (χ3v) is 6.79. The minimum atomic E-state index is -0.236. The number of hydrazine groups is 2. The molecule has 10 heteroatoms. The van der Waals surface area contributed by atoms with Crippen molar-refractivity contribution in [1.29, 1.82) is 0 Å². The first-order valence-corrected chi connectivity index (χ1v) is 12.5. The van der Waals surface area contributed by atoms with Crippen LogP contribution >= 0.6 is 0 Å². The van der Waals surface area contributed by atoms with Crippen LogP contribution in [-0.4, -0.2) is 57.2 Å². The van der Waals surface area contributed by atoms with Crippen molar-refractivity contribution < 1.29 is 9.59 Å². The van der Waals surface area contributed by atoms with Crippen LogP contribution < -0.4 is 16.6 Å². The van der Waals surface area contributed by atoms with Crippen LogP contribution in [0.5, 0.6) is 0 Å². The molecule has 4 heterocycles. The number of benzene rings is 1. The molecule has 1 atom stereocenters. The maximum Gasteiger partial charge on any atom is 0.298 e. The van der Waals surface area contributed by atoms with Crippen LogP contribution in [0.15, 0.2) is 65.2 Å². The third kappa shape index (κ3) is 4.84. The summed E-state index contributed by atoms with van der Waals surface area (Å²) in [5, 5.41) is 6.37. The van der Waals surface area contributed by atoms with E-state index in [1.54, 1.807) is 42.7 Å². The third-order valence-electron chi connectivity index (χ3n) is 6.79. The number of nitrogens with one attached hydrogen (secondary N) is 2. The smallest absolute Gasteiger partial charge is 0.298 e. The number of hydrogen-bond acceptors (Lipinski definition) is 8. The predicted octanol–water partition coefficient (Wildman–Crippen LogP) is 2.63. The van der Waals surface area contributed by atoms with E-state index in [0.717, 1.165) is 34.6 Å². The number of nitrogens with zero attached hydrogens (tertiary/aromatic N) is 5. The number of pyridine rings is 1. The Labute approximate surface area is 221 Å². The van der Waals surface area contributed by atoms with Gasteiger partial charge in [0.05, 0.1) is 17.9 Å². The number of likely N-dealkylation sites (tertiary alicyclic amines) is 1. The van der Waals surface area contributed by atoms with E-state index >= 15 is 0 Å². The Kier molecular flexibility index (Phi) is 6.85. The lowest BCUT2D eigenvalue weighted by molar-refractivity contribution is -0.124. The number of nitrogens with two attached hydrogens (primary N) is 1. The Hall–Kier alpha value is -4.62. The highest BCUT2D eigenvalue weighted by molar-refractivity contribution is 6.04. The Bertz CT molecular complexity index is 1410. The summed E-state index contributed by atoms with van der Waals surface area (Å²) in [5.41, 5.74) is 8.34. The summed E-state index contributed by atoms with van der Waals surface area (Å²) >= 11 is 0. The summed E-state index contributed by atoms with van der Waals surface area (Å²) < 4.78 is 0. The maximum atomic E-state index is 12.9. The monoisotopic (exact) mass is 510 g/mol. The van der Waals surface area contributed by atoms with E-state index in [1.807, 2.05) is 29.3 Å². The number of rotatable bonds is 5. The standard InChI is InChI=1S/C28H30N8O2/c1-4-5-25(37)34-13-11-22(16-34)36-23-15-30-17-35(29)27(23)26(33-36)19-6-8-20(9-7-19)28(38)32-24-14-21(18(2)3)10-12-31-24/h6-10,12,14-15,17-18,22,33H,11,13,16,29H2,1-3H3,(H,31,32,38)/t22-/m1/s1. The van der Waals surface area contributed by atoms with Crippen molar-refractivity contribution in [3.8, 4) is 11.8 Å². The molecule has 38 heavy (non-hydrogen) atoms. The molecule has 3 aliphatic rings. The molecule has 5 rings (SSSR count). The molecule has 0 saturated carbocycles. The van der Waals surface area contributed by atoms with Gasteiger partial charge in [0, 0.05) is 30.4 Å². The number of amides is 2. The number of anilines is 1. The van der Waals surface area contributed by atoms with Crippen molar-refractivity contribution in [1.82, 2.24) is 25.3 Å². The Morgan fingerprint density at radius 1 is 1.21 bits per heavy atom. The molecule has 1 aromatic heterocycles. The molecule has 0 bridgehead atoms. The first kappa shape index (κ1) is 25.0. The second kappa shape index (κ2) is 10.4. The van der Waals surface area contributed by atoms with Gasteiger partial charge in [-0.05, 0) is 55.0 Å². The van der Waals surface area contributed by atoms with E-state index in [0.29, 0.717) is 30.4 Å². The topological polar surface area (TPSA) is 119 Å². The number of carbonyl (C=O) groups is 2. The fraction of sp³-hybridized carbons (Fsp3) is 0.286. The number of hydrogen-bond donors (Lipinski definition) is 3. The molecule has 2 aromatic rings. The summed E-state index contributed by atoms with van der Waals surface area (Å²) in [5.74, 6) is 12.0. The molecule has 4 N–H and O–H groups in total. The predicted molar refractivity (Wildman–Crippen MR) is 146 cm³/mol. The van der Waals surface area contributed by atoms with Crippen molar-refractivity contribution in [3.63, 3.8) is 0 Å². The van der Waals surface area contributed by atoms with Crippen molar-refractivity contribution in [2.24, 2.45) is 10.8 Å². The van der Waals surface area contributed by atoms with Gasteiger partial charge in [0.25, 0.3) is 11.8 Å². The van der Waals surface area contributed by atoms with E-state index < -0.39 is 0 Å². The fourth-order valence-corrected chi connectivity index (χ4v) is 4.76. The van der Waals surface area contributed by atoms with Crippen LogP contribution in [0.25, 0.3) is 5.70 Å². The Balaban J connectivity index is 1.34. The minimum absolute atomic E-state index is 0.0252. The fourth-order valence-electron chi connectivity index (χ4n) is 4.76. The molecule has 1 aromatic carbocycles. The average molecular weight is 511 g/mol. The number of aliphatic imine (C=N–C) groups is 1. The summed E-state index contributed by atoms with van der Waals surface area (Å²) in [6.07, 6.45) is 5.79. The van der Waals surface area contributed by atoms with Gasteiger partial charge in [-0.25, -0.2) is 15.8 Å². The molecule has 194 valence electrons. The van der Waals surface area contributed by atoms with Crippen LogP contribution in [0, 0.1) is 11.8 Å². The summed E-state index contributed by atoms with van der Waals surface area (Å²) in [6, 6.07) is 11.2.